The highest BCUT2D eigenvalue weighted by Crippen LogP contribution is 2.31. The fraction of sp³-hybridized carbons (Fsp3) is 0.321. The number of likely N-dealkylation sites (tertiary alicyclic amines) is 1. The minimum atomic E-state index is -0.677. The lowest BCUT2D eigenvalue weighted by Gasteiger charge is -2.33. The van der Waals surface area contributed by atoms with Gasteiger partial charge in [0.1, 0.15) is 5.82 Å². The summed E-state index contributed by atoms with van der Waals surface area (Å²) in [4.78, 5) is 27.0. The van der Waals surface area contributed by atoms with Gasteiger partial charge in [-0.05, 0) is 86.1 Å². The minimum absolute atomic E-state index is 0.194. The highest BCUT2D eigenvalue weighted by molar-refractivity contribution is 5.94. The van der Waals surface area contributed by atoms with Crippen LogP contribution in [0.15, 0.2) is 65.6 Å². The maximum atomic E-state index is 12.7. The molecule has 36 heavy (non-hydrogen) atoms. The largest absolute Gasteiger partial charge is 0.394 e. The second kappa shape index (κ2) is 10.6. The number of benzene rings is 1. The van der Waals surface area contributed by atoms with Crippen LogP contribution in [0.1, 0.15) is 30.0 Å². The summed E-state index contributed by atoms with van der Waals surface area (Å²) in [7, 11) is 0. The van der Waals surface area contributed by atoms with Gasteiger partial charge in [-0.2, -0.15) is 0 Å². The number of aryl methyl sites for hydroxylation is 1. The molecule has 1 unspecified atom stereocenters. The lowest BCUT2D eigenvalue weighted by Crippen LogP contribution is -2.39. The summed E-state index contributed by atoms with van der Waals surface area (Å²) in [6.07, 6.45) is 2.99. The minimum Gasteiger partial charge on any atom is -0.394 e. The number of aromatic nitrogens is 3. The summed E-state index contributed by atoms with van der Waals surface area (Å²) in [5.41, 5.74) is 4.30. The zero-order valence-corrected chi connectivity index (χ0v) is 20.3. The Bertz CT molecular complexity index is 1390. The molecule has 5 rings (SSSR count). The molecule has 0 saturated carbocycles. The van der Waals surface area contributed by atoms with Gasteiger partial charge in [-0.15, -0.1) is 0 Å². The second-order valence-electron chi connectivity index (χ2n) is 9.45. The fourth-order valence-electron chi connectivity index (χ4n) is 4.90. The van der Waals surface area contributed by atoms with Crippen molar-refractivity contribution in [1.82, 2.24) is 19.9 Å². The van der Waals surface area contributed by atoms with Gasteiger partial charge in [-0.3, -0.25) is 9.78 Å². The van der Waals surface area contributed by atoms with E-state index in [1.54, 1.807) is 6.20 Å². The zero-order valence-electron chi connectivity index (χ0n) is 20.3. The Hall–Kier alpha value is -3.59. The molecule has 8 nitrogen and oxygen atoms in total. The van der Waals surface area contributed by atoms with E-state index in [9.17, 15) is 9.90 Å². The number of aliphatic hydroxyl groups excluding tert-OH is 2. The summed E-state index contributed by atoms with van der Waals surface area (Å²) in [6, 6.07) is 17.9. The number of fused-ring (bicyclic) bond motifs is 1. The van der Waals surface area contributed by atoms with Crippen molar-refractivity contribution < 1.29 is 10.2 Å². The van der Waals surface area contributed by atoms with Crippen LogP contribution in [0.4, 0.5) is 11.5 Å². The Morgan fingerprint density at radius 3 is 2.58 bits per heavy atom. The number of piperidine rings is 1. The van der Waals surface area contributed by atoms with E-state index in [1.165, 1.54) is 5.56 Å². The predicted octanol–water partition coefficient (Wildman–Crippen LogP) is 3.57. The molecule has 1 aliphatic rings. The molecule has 0 spiro atoms. The van der Waals surface area contributed by atoms with Crippen LogP contribution in [0.2, 0.25) is 0 Å². The van der Waals surface area contributed by atoms with Crippen LogP contribution in [-0.2, 0) is 0 Å². The van der Waals surface area contributed by atoms with E-state index in [-0.39, 0.29) is 12.2 Å². The smallest absolute Gasteiger partial charge is 0.259 e. The molecule has 1 aromatic carbocycles. The maximum absolute atomic E-state index is 12.7. The number of nitrogens with one attached hydrogen (secondary N) is 2. The topological polar surface area (TPSA) is 114 Å². The number of aliphatic hydroxyl groups is 2. The first-order valence-corrected chi connectivity index (χ1v) is 12.3. The predicted molar refractivity (Wildman–Crippen MR) is 142 cm³/mol. The van der Waals surface area contributed by atoms with E-state index in [1.807, 2.05) is 49.4 Å². The van der Waals surface area contributed by atoms with Crippen LogP contribution in [0.5, 0.6) is 0 Å². The molecule has 1 fully saturated rings. The van der Waals surface area contributed by atoms with Crippen molar-refractivity contribution in [2.45, 2.75) is 31.8 Å². The van der Waals surface area contributed by atoms with Gasteiger partial charge in [0.05, 0.1) is 29.5 Å². The van der Waals surface area contributed by atoms with Crippen molar-refractivity contribution in [2.75, 3.05) is 31.6 Å². The zero-order chi connectivity index (χ0) is 25.1. The Morgan fingerprint density at radius 2 is 1.86 bits per heavy atom. The molecule has 4 aromatic rings. The van der Waals surface area contributed by atoms with Crippen LogP contribution >= 0.6 is 0 Å². The summed E-state index contributed by atoms with van der Waals surface area (Å²) in [5, 5.41) is 23.4. The van der Waals surface area contributed by atoms with Crippen LogP contribution in [-0.4, -0.2) is 62.4 Å². The quantitative estimate of drug-likeness (QED) is 0.316. The molecule has 1 aliphatic heterocycles. The molecule has 186 valence electrons. The van der Waals surface area contributed by atoms with Crippen molar-refractivity contribution in [3.8, 4) is 11.4 Å². The van der Waals surface area contributed by atoms with E-state index >= 15 is 0 Å². The molecular formula is C28H31N5O3. The molecule has 0 bridgehead atoms. The van der Waals surface area contributed by atoms with Gasteiger partial charge < -0.3 is 25.4 Å². The number of anilines is 2. The second-order valence-corrected chi connectivity index (χ2v) is 9.45. The monoisotopic (exact) mass is 485 g/mol. The maximum Gasteiger partial charge on any atom is 0.259 e. The average Bonchev–Trinajstić information content (AvgIpc) is 2.89. The SMILES string of the molecule is Cc1cccc(-c2cc3cc[nH]c(=O)c3c(Nc3ccc(C4CCN(CC(O)CO)CC4)cc3)n2)n1. The summed E-state index contributed by atoms with van der Waals surface area (Å²) in [5.74, 6) is 0.954. The van der Waals surface area contributed by atoms with E-state index in [0.717, 1.165) is 48.4 Å². The first-order chi connectivity index (χ1) is 17.5. The molecule has 1 saturated heterocycles. The fourth-order valence-corrected chi connectivity index (χ4v) is 4.90. The van der Waals surface area contributed by atoms with Crippen LogP contribution in [0.25, 0.3) is 22.2 Å². The number of aromatic amines is 1. The van der Waals surface area contributed by atoms with Crippen molar-refractivity contribution in [3.05, 3.63) is 82.4 Å². The van der Waals surface area contributed by atoms with Gasteiger partial charge in [0.15, 0.2) is 0 Å². The molecule has 8 heteroatoms. The van der Waals surface area contributed by atoms with Gasteiger partial charge >= 0.3 is 0 Å². The molecule has 0 amide bonds. The van der Waals surface area contributed by atoms with Gasteiger partial charge in [0.2, 0.25) is 0 Å². The lowest BCUT2D eigenvalue weighted by atomic mass is 9.89. The van der Waals surface area contributed by atoms with Crippen molar-refractivity contribution in [2.24, 2.45) is 0 Å². The molecular weight excluding hydrogens is 454 g/mol. The summed E-state index contributed by atoms with van der Waals surface area (Å²) in [6.45, 7) is 4.07. The van der Waals surface area contributed by atoms with Crippen molar-refractivity contribution >= 4 is 22.3 Å². The molecule has 0 aliphatic carbocycles. The number of H-pyrrole nitrogens is 1. The first kappa shape index (κ1) is 24.1. The van der Waals surface area contributed by atoms with E-state index in [2.05, 4.69) is 32.3 Å². The van der Waals surface area contributed by atoms with Crippen LogP contribution in [0, 0.1) is 6.92 Å². The van der Waals surface area contributed by atoms with Crippen molar-refractivity contribution in [1.29, 1.82) is 0 Å². The van der Waals surface area contributed by atoms with E-state index in [0.29, 0.717) is 29.4 Å². The standard InChI is InChI=1S/C28H31N5O3/c1-18-3-2-4-24(30-18)25-15-21-9-12-29-28(36)26(21)27(32-25)31-22-7-5-19(6-8-22)20-10-13-33(14-11-20)16-23(35)17-34/h2-9,12,15,20,23,34-35H,10-11,13-14,16-17H2,1H3,(H,29,36)(H,31,32). The number of hydrogen-bond acceptors (Lipinski definition) is 7. The van der Waals surface area contributed by atoms with Gasteiger partial charge in [0.25, 0.3) is 5.56 Å². The molecule has 3 aromatic heterocycles. The highest BCUT2D eigenvalue weighted by atomic mass is 16.3. The third-order valence-corrected chi connectivity index (χ3v) is 6.82. The molecule has 4 heterocycles. The Labute approximate surface area is 209 Å². The van der Waals surface area contributed by atoms with Crippen molar-refractivity contribution in [3.63, 3.8) is 0 Å². The molecule has 4 N–H and O–H groups in total. The molecule has 0 radical (unpaired) electrons. The Morgan fingerprint density at radius 1 is 1.08 bits per heavy atom. The Balaban J connectivity index is 1.37. The normalized spacial score (nSPS) is 15.8. The first-order valence-electron chi connectivity index (χ1n) is 12.3. The number of nitrogens with zero attached hydrogens (tertiary/aromatic N) is 3. The molecule has 1 atom stereocenters. The van der Waals surface area contributed by atoms with Gasteiger partial charge in [-0.25, -0.2) is 4.98 Å². The Kier molecular flexibility index (Phi) is 7.09. The van der Waals surface area contributed by atoms with E-state index in [4.69, 9.17) is 10.1 Å². The third kappa shape index (κ3) is 5.31. The number of rotatable bonds is 7. The average molecular weight is 486 g/mol. The summed E-state index contributed by atoms with van der Waals surface area (Å²) >= 11 is 0. The summed E-state index contributed by atoms with van der Waals surface area (Å²) < 4.78 is 0. The lowest BCUT2D eigenvalue weighted by molar-refractivity contribution is 0.0513. The van der Waals surface area contributed by atoms with Crippen LogP contribution < -0.4 is 10.9 Å². The van der Waals surface area contributed by atoms with Crippen LogP contribution in [0.3, 0.4) is 0 Å². The van der Waals surface area contributed by atoms with E-state index < -0.39 is 6.10 Å². The third-order valence-electron chi connectivity index (χ3n) is 6.82. The highest BCUT2D eigenvalue weighted by Gasteiger charge is 2.22. The number of hydrogen-bond donors (Lipinski definition) is 4. The van der Waals surface area contributed by atoms with Gasteiger partial charge in [-0.1, -0.05) is 18.2 Å². The van der Waals surface area contributed by atoms with Gasteiger partial charge in [0, 0.05) is 24.1 Å². The number of pyridine rings is 3. The number of β-amino-alcohol motifs (C(OH)–C–C–N with tert-alkyl or cyclic N) is 1.